The Balaban J connectivity index is 1.99. The normalized spacial score (nSPS) is 31.5. The SMILES string of the molecule is CC1(C)CCN(C2CCN(CN)C2)C1=O. The summed E-state index contributed by atoms with van der Waals surface area (Å²) in [6.07, 6.45) is 2.07. The van der Waals surface area contributed by atoms with Gasteiger partial charge in [-0.2, -0.15) is 0 Å². The average molecular weight is 211 g/mol. The second-order valence-electron chi connectivity index (χ2n) is 5.33. The van der Waals surface area contributed by atoms with Crippen molar-refractivity contribution in [1.82, 2.24) is 9.80 Å². The lowest BCUT2D eigenvalue weighted by atomic mass is 9.92. The van der Waals surface area contributed by atoms with Gasteiger partial charge in [-0.15, -0.1) is 0 Å². The first kappa shape index (κ1) is 10.9. The number of hydrogen-bond acceptors (Lipinski definition) is 3. The number of likely N-dealkylation sites (tertiary alicyclic amines) is 2. The van der Waals surface area contributed by atoms with Gasteiger partial charge in [0, 0.05) is 37.8 Å². The lowest BCUT2D eigenvalue weighted by Gasteiger charge is -2.26. The maximum absolute atomic E-state index is 12.1. The highest BCUT2D eigenvalue weighted by molar-refractivity contribution is 5.84. The van der Waals surface area contributed by atoms with Crippen LogP contribution in [0.3, 0.4) is 0 Å². The fourth-order valence-electron chi connectivity index (χ4n) is 2.58. The van der Waals surface area contributed by atoms with Crippen LogP contribution in [-0.2, 0) is 4.79 Å². The third-order valence-corrected chi connectivity index (χ3v) is 3.76. The van der Waals surface area contributed by atoms with Crippen molar-refractivity contribution in [3.05, 3.63) is 0 Å². The molecule has 2 rings (SSSR count). The molecule has 2 fully saturated rings. The number of nitrogens with two attached hydrogens (primary N) is 1. The molecule has 0 bridgehead atoms. The molecule has 0 spiro atoms. The summed E-state index contributed by atoms with van der Waals surface area (Å²) in [4.78, 5) is 16.4. The second-order valence-corrected chi connectivity index (χ2v) is 5.33. The van der Waals surface area contributed by atoms with E-state index in [0.717, 1.165) is 32.5 Å². The summed E-state index contributed by atoms with van der Waals surface area (Å²) in [5, 5.41) is 0. The molecule has 2 heterocycles. The second kappa shape index (κ2) is 3.76. The number of carbonyl (C=O) groups is 1. The van der Waals surface area contributed by atoms with Gasteiger partial charge < -0.3 is 10.6 Å². The highest BCUT2D eigenvalue weighted by Crippen LogP contribution is 2.33. The van der Waals surface area contributed by atoms with Crippen LogP contribution in [0.5, 0.6) is 0 Å². The first-order chi connectivity index (χ1) is 7.04. The molecule has 0 aliphatic carbocycles. The minimum Gasteiger partial charge on any atom is -0.338 e. The van der Waals surface area contributed by atoms with E-state index in [4.69, 9.17) is 5.73 Å². The van der Waals surface area contributed by atoms with Crippen molar-refractivity contribution < 1.29 is 4.79 Å². The van der Waals surface area contributed by atoms with Crippen molar-refractivity contribution in [1.29, 1.82) is 0 Å². The number of hydrogen-bond donors (Lipinski definition) is 1. The van der Waals surface area contributed by atoms with Crippen LogP contribution in [0.4, 0.5) is 0 Å². The van der Waals surface area contributed by atoms with Gasteiger partial charge in [0.1, 0.15) is 0 Å². The van der Waals surface area contributed by atoms with Gasteiger partial charge in [-0.05, 0) is 12.8 Å². The van der Waals surface area contributed by atoms with Crippen molar-refractivity contribution in [2.24, 2.45) is 11.1 Å². The minimum atomic E-state index is -0.143. The van der Waals surface area contributed by atoms with E-state index < -0.39 is 0 Å². The molecular formula is C11H21N3O. The lowest BCUT2D eigenvalue weighted by Crippen LogP contribution is -2.41. The van der Waals surface area contributed by atoms with Crippen LogP contribution in [0.1, 0.15) is 26.7 Å². The van der Waals surface area contributed by atoms with Crippen LogP contribution in [0.15, 0.2) is 0 Å². The number of rotatable bonds is 2. The maximum atomic E-state index is 12.1. The van der Waals surface area contributed by atoms with Crippen LogP contribution in [-0.4, -0.2) is 48.1 Å². The quantitative estimate of drug-likeness (QED) is 0.711. The predicted molar refractivity (Wildman–Crippen MR) is 59.1 cm³/mol. The van der Waals surface area contributed by atoms with E-state index in [9.17, 15) is 4.79 Å². The van der Waals surface area contributed by atoms with E-state index in [1.54, 1.807) is 0 Å². The Morgan fingerprint density at radius 1 is 1.47 bits per heavy atom. The van der Waals surface area contributed by atoms with Gasteiger partial charge in [-0.25, -0.2) is 0 Å². The Labute approximate surface area is 91.4 Å². The third-order valence-electron chi connectivity index (χ3n) is 3.76. The summed E-state index contributed by atoms with van der Waals surface area (Å²) in [6, 6.07) is 0.405. The standard InChI is InChI=1S/C11H21N3O/c1-11(2)4-6-14(10(11)15)9-3-5-13(7-9)8-12/h9H,3-8,12H2,1-2H3. The van der Waals surface area contributed by atoms with Crippen LogP contribution >= 0.6 is 0 Å². The molecule has 15 heavy (non-hydrogen) atoms. The molecule has 2 saturated heterocycles. The van der Waals surface area contributed by atoms with E-state index in [0.29, 0.717) is 18.6 Å². The van der Waals surface area contributed by atoms with Crippen molar-refractivity contribution >= 4 is 5.91 Å². The fourth-order valence-corrected chi connectivity index (χ4v) is 2.58. The van der Waals surface area contributed by atoms with Crippen molar-refractivity contribution in [2.75, 3.05) is 26.3 Å². The van der Waals surface area contributed by atoms with E-state index in [-0.39, 0.29) is 5.41 Å². The van der Waals surface area contributed by atoms with Gasteiger partial charge in [0.2, 0.25) is 5.91 Å². The van der Waals surface area contributed by atoms with E-state index in [2.05, 4.69) is 9.80 Å². The largest absolute Gasteiger partial charge is 0.338 e. The maximum Gasteiger partial charge on any atom is 0.228 e. The Kier molecular flexibility index (Phi) is 2.73. The van der Waals surface area contributed by atoms with Gasteiger partial charge in [0.25, 0.3) is 0 Å². The smallest absolute Gasteiger partial charge is 0.228 e. The summed E-state index contributed by atoms with van der Waals surface area (Å²) >= 11 is 0. The summed E-state index contributed by atoms with van der Waals surface area (Å²) in [5.41, 5.74) is 5.46. The molecule has 1 atom stereocenters. The molecule has 0 radical (unpaired) electrons. The molecule has 2 N–H and O–H groups in total. The highest BCUT2D eigenvalue weighted by atomic mass is 16.2. The predicted octanol–water partition coefficient (Wildman–Crippen LogP) is 0.235. The Morgan fingerprint density at radius 3 is 2.67 bits per heavy atom. The molecule has 2 aliphatic heterocycles. The first-order valence-electron chi connectivity index (χ1n) is 5.78. The topological polar surface area (TPSA) is 49.6 Å². The monoisotopic (exact) mass is 211 g/mol. The van der Waals surface area contributed by atoms with Gasteiger partial charge >= 0.3 is 0 Å². The molecule has 2 aliphatic rings. The number of carbonyl (C=O) groups excluding carboxylic acids is 1. The van der Waals surface area contributed by atoms with Gasteiger partial charge in [-0.3, -0.25) is 9.69 Å². The van der Waals surface area contributed by atoms with Crippen molar-refractivity contribution in [3.63, 3.8) is 0 Å². The van der Waals surface area contributed by atoms with E-state index >= 15 is 0 Å². The van der Waals surface area contributed by atoms with Crippen LogP contribution < -0.4 is 5.73 Å². The first-order valence-corrected chi connectivity index (χ1v) is 5.78. The summed E-state index contributed by atoms with van der Waals surface area (Å²) in [7, 11) is 0. The Hall–Kier alpha value is -0.610. The van der Waals surface area contributed by atoms with Gasteiger partial charge in [-0.1, -0.05) is 13.8 Å². The Bertz CT molecular complexity index is 265. The fraction of sp³-hybridized carbons (Fsp3) is 0.909. The number of amides is 1. The summed E-state index contributed by atoms with van der Waals surface area (Å²) in [5.74, 6) is 0.325. The van der Waals surface area contributed by atoms with Crippen molar-refractivity contribution in [3.8, 4) is 0 Å². The molecular weight excluding hydrogens is 190 g/mol. The molecule has 4 nitrogen and oxygen atoms in total. The molecule has 4 heteroatoms. The zero-order chi connectivity index (χ0) is 11.1. The summed E-state index contributed by atoms with van der Waals surface area (Å²) < 4.78 is 0. The molecule has 1 unspecified atom stereocenters. The van der Waals surface area contributed by atoms with Crippen molar-refractivity contribution in [2.45, 2.75) is 32.7 Å². The summed E-state index contributed by atoms with van der Waals surface area (Å²) in [6.45, 7) is 7.62. The van der Waals surface area contributed by atoms with Crippen LogP contribution in [0, 0.1) is 5.41 Å². The van der Waals surface area contributed by atoms with Crippen LogP contribution in [0.25, 0.3) is 0 Å². The van der Waals surface area contributed by atoms with E-state index in [1.807, 2.05) is 13.8 Å². The molecule has 0 aromatic heterocycles. The van der Waals surface area contributed by atoms with Gasteiger partial charge in [0.15, 0.2) is 0 Å². The third kappa shape index (κ3) is 1.88. The lowest BCUT2D eigenvalue weighted by molar-refractivity contribution is -0.136. The molecule has 1 amide bonds. The molecule has 0 saturated carbocycles. The zero-order valence-corrected chi connectivity index (χ0v) is 9.70. The van der Waals surface area contributed by atoms with E-state index in [1.165, 1.54) is 0 Å². The Morgan fingerprint density at radius 2 is 2.20 bits per heavy atom. The molecule has 0 aromatic carbocycles. The van der Waals surface area contributed by atoms with Gasteiger partial charge in [0.05, 0.1) is 0 Å². The number of nitrogens with zero attached hydrogens (tertiary/aromatic N) is 2. The highest BCUT2D eigenvalue weighted by Gasteiger charge is 2.42. The minimum absolute atomic E-state index is 0.143. The van der Waals surface area contributed by atoms with Crippen LogP contribution in [0.2, 0.25) is 0 Å². The average Bonchev–Trinajstić information content (AvgIpc) is 2.74. The molecule has 0 aromatic rings. The zero-order valence-electron chi connectivity index (χ0n) is 9.70. The molecule has 86 valence electrons.